The van der Waals surface area contributed by atoms with Crippen LogP contribution in [0.25, 0.3) is 6.08 Å². The molecule has 2 aromatic rings. The highest BCUT2D eigenvalue weighted by Gasteiger charge is 2.23. The molecule has 1 N–H and O–H groups in total. The Hall–Kier alpha value is -2.99. The van der Waals surface area contributed by atoms with Gasteiger partial charge in [0.05, 0.1) is 14.2 Å². The van der Waals surface area contributed by atoms with Gasteiger partial charge >= 0.3 is 0 Å². The predicted molar refractivity (Wildman–Crippen MR) is 117 cm³/mol. The Morgan fingerprint density at radius 2 is 1.80 bits per heavy atom. The number of methoxy groups -OCH3 is 2. The molecule has 0 aliphatic carbocycles. The van der Waals surface area contributed by atoms with E-state index in [0.717, 1.165) is 5.56 Å². The van der Waals surface area contributed by atoms with E-state index in [2.05, 4.69) is 5.32 Å². The molecule has 6 nitrogen and oxygen atoms in total. The zero-order valence-corrected chi connectivity index (χ0v) is 17.8. The first-order valence-electron chi connectivity index (χ1n) is 9.75. The lowest BCUT2D eigenvalue weighted by Gasteiger charge is -2.31. The highest BCUT2D eigenvalue weighted by Crippen LogP contribution is 2.27. The van der Waals surface area contributed by atoms with Gasteiger partial charge in [0.15, 0.2) is 11.5 Å². The molecule has 1 heterocycles. The summed E-state index contributed by atoms with van der Waals surface area (Å²) in [5.74, 6) is 0.880. The van der Waals surface area contributed by atoms with Gasteiger partial charge in [-0.05, 0) is 54.8 Å². The Bertz CT molecular complexity index is 937. The van der Waals surface area contributed by atoms with E-state index >= 15 is 0 Å². The van der Waals surface area contributed by atoms with E-state index in [1.807, 2.05) is 12.1 Å². The second kappa shape index (κ2) is 10.2. The Labute approximate surface area is 181 Å². The van der Waals surface area contributed by atoms with Gasteiger partial charge in [0.1, 0.15) is 0 Å². The van der Waals surface area contributed by atoms with Crippen molar-refractivity contribution < 1.29 is 19.1 Å². The average molecular weight is 429 g/mol. The van der Waals surface area contributed by atoms with Crippen LogP contribution in [0.5, 0.6) is 11.5 Å². The molecule has 30 heavy (non-hydrogen) atoms. The van der Waals surface area contributed by atoms with E-state index in [4.69, 9.17) is 21.1 Å². The number of benzene rings is 2. The zero-order chi connectivity index (χ0) is 21.5. The average Bonchev–Trinajstić information content (AvgIpc) is 2.77. The quantitative estimate of drug-likeness (QED) is 0.711. The van der Waals surface area contributed by atoms with Gasteiger partial charge in [0.25, 0.3) is 5.91 Å². The van der Waals surface area contributed by atoms with Crippen LogP contribution in [0, 0.1) is 0 Å². The molecule has 7 heteroatoms. The first kappa shape index (κ1) is 21.7. The van der Waals surface area contributed by atoms with Crippen LogP contribution in [0.15, 0.2) is 48.5 Å². The highest BCUT2D eigenvalue weighted by molar-refractivity contribution is 6.30. The fourth-order valence-corrected chi connectivity index (χ4v) is 3.57. The van der Waals surface area contributed by atoms with Gasteiger partial charge < -0.3 is 19.7 Å². The number of nitrogens with zero attached hydrogens (tertiary/aromatic N) is 1. The minimum absolute atomic E-state index is 0.0200. The van der Waals surface area contributed by atoms with Gasteiger partial charge in [-0.3, -0.25) is 9.59 Å². The molecule has 0 unspecified atom stereocenters. The summed E-state index contributed by atoms with van der Waals surface area (Å²) in [4.78, 5) is 26.8. The first-order valence-corrected chi connectivity index (χ1v) is 10.1. The van der Waals surface area contributed by atoms with Gasteiger partial charge in [0.2, 0.25) is 5.91 Å². The van der Waals surface area contributed by atoms with Crippen LogP contribution in [-0.2, 0) is 4.79 Å². The lowest BCUT2D eigenvalue weighted by molar-refractivity contribution is -0.126. The van der Waals surface area contributed by atoms with Gasteiger partial charge in [-0.2, -0.15) is 0 Å². The monoisotopic (exact) mass is 428 g/mol. The molecular weight excluding hydrogens is 404 g/mol. The molecule has 3 rings (SSSR count). The standard InChI is InChI=1S/C23H25ClN2O4/c1-29-20-8-7-17(15-21(20)30-2)23(28)25-19-10-12-26(13-11-19)22(27)9-6-16-4-3-5-18(24)14-16/h3-9,14-15,19H,10-13H2,1-2H3,(H,25,28)/b9-6+. The number of nitrogens with one attached hydrogen (secondary N) is 1. The Morgan fingerprint density at radius 1 is 1.07 bits per heavy atom. The van der Waals surface area contributed by atoms with Crippen molar-refractivity contribution in [2.45, 2.75) is 18.9 Å². The van der Waals surface area contributed by atoms with Gasteiger partial charge in [-0.15, -0.1) is 0 Å². The second-order valence-electron chi connectivity index (χ2n) is 7.03. The highest BCUT2D eigenvalue weighted by atomic mass is 35.5. The maximum atomic E-state index is 12.6. The van der Waals surface area contributed by atoms with E-state index in [9.17, 15) is 9.59 Å². The summed E-state index contributed by atoms with van der Waals surface area (Å²) in [7, 11) is 3.09. The molecule has 2 aromatic carbocycles. The number of carbonyl (C=O) groups excluding carboxylic acids is 2. The van der Waals surface area contributed by atoms with E-state index in [0.29, 0.717) is 48.0 Å². The molecule has 1 saturated heterocycles. The van der Waals surface area contributed by atoms with E-state index < -0.39 is 0 Å². The third-order valence-corrected chi connectivity index (χ3v) is 5.29. The summed E-state index contributed by atoms with van der Waals surface area (Å²) in [6.45, 7) is 1.19. The predicted octanol–water partition coefficient (Wildman–Crippen LogP) is 3.79. The van der Waals surface area contributed by atoms with E-state index in [1.165, 1.54) is 7.11 Å². The molecule has 1 aliphatic rings. The van der Waals surface area contributed by atoms with E-state index in [-0.39, 0.29) is 17.9 Å². The smallest absolute Gasteiger partial charge is 0.251 e. The summed E-state index contributed by atoms with van der Waals surface area (Å²) < 4.78 is 10.5. The molecule has 1 fully saturated rings. The summed E-state index contributed by atoms with van der Waals surface area (Å²) >= 11 is 5.97. The van der Waals surface area contributed by atoms with Crippen molar-refractivity contribution in [1.82, 2.24) is 10.2 Å². The van der Waals surface area contributed by atoms with Crippen molar-refractivity contribution in [2.24, 2.45) is 0 Å². The molecule has 0 atom stereocenters. The largest absolute Gasteiger partial charge is 0.493 e. The van der Waals surface area contributed by atoms with E-state index in [1.54, 1.807) is 54.5 Å². The van der Waals surface area contributed by atoms with Crippen LogP contribution < -0.4 is 14.8 Å². The van der Waals surface area contributed by atoms with Crippen LogP contribution >= 0.6 is 11.6 Å². The summed E-state index contributed by atoms with van der Waals surface area (Å²) in [5.41, 5.74) is 1.39. The van der Waals surface area contributed by atoms with Crippen LogP contribution in [0.4, 0.5) is 0 Å². The van der Waals surface area contributed by atoms with Crippen molar-refractivity contribution in [3.05, 3.63) is 64.7 Å². The van der Waals surface area contributed by atoms with Gasteiger partial charge in [-0.1, -0.05) is 23.7 Å². The normalized spacial score (nSPS) is 14.6. The molecule has 2 amide bonds. The minimum atomic E-state index is -0.165. The van der Waals surface area contributed by atoms with Gasteiger partial charge in [-0.25, -0.2) is 0 Å². The number of hydrogen-bond acceptors (Lipinski definition) is 4. The third kappa shape index (κ3) is 5.54. The third-order valence-electron chi connectivity index (χ3n) is 5.05. The lowest BCUT2D eigenvalue weighted by Crippen LogP contribution is -2.46. The summed E-state index contributed by atoms with van der Waals surface area (Å²) in [6.07, 6.45) is 4.74. The first-order chi connectivity index (χ1) is 14.5. The number of amides is 2. The Morgan fingerprint density at radius 3 is 2.47 bits per heavy atom. The number of halogens is 1. The number of rotatable bonds is 6. The number of carbonyl (C=O) groups is 2. The molecule has 158 valence electrons. The minimum Gasteiger partial charge on any atom is -0.493 e. The van der Waals surface area contributed by atoms with Crippen LogP contribution in [0.3, 0.4) is 0 Å². The summed E-state index contributed by atoms with van der Waals surface area (Å²) in [5, 5.41) is 3.68. The lowest BCUT2D eigenvalue weighted by atomic mass is 10.0. The Balaban J connectivity index is 1.51. The number of ether oxygens (including phenoxy) is 2. The topological polar surface area (TPSA) is 67.9 Å². The fourth-order valence-electron chi connectivity index (χ4n) is 3.37. The molecule has 0 saturated carbocycles. The molecule has 1 aliphatic heterocycles. The summed E-state index contributed by atoms with van der Waals surface area (Å²) in [6, 6.07) is 12.4. The van der Waals surface area contributed by atoms with Crippen molar-refractivity contribution >= 4 is 29.5 Å². The number of piperidine rings is 1. The van der Waals surface area contributed by atoms with Gasteiger partial charge in [0, 0.05) is 35.8 Å². The molecule has 0 radical (unpaired) electrons. The molecule has 0 aromatic heterocycles. The Kier molecular flexibility index (Phi) is 7.36. The van der Waals surface area contributed by atoms with Crippen molar-refractivity contribution in [3.63, 3.8) is 0 Å². The molecule has 0 spiro atoms. The van der Waals surface area contributed by atoms with Crippen molar-refractivity contribution in [1.29, 1.82) is 0 Å². The number of hydrogen-bond donors (Lipinski definition) is 1. The van der Waals surface area contributed by atoms with Crippen LogP contribution in [0.1, 0.15) is 28.8 Å². The van der Waals surface area contributed by atoms with Crippen molar-refractivity contribution in [2.75, 3.05) is 27.3 Å². The molecule has 0 bridgehead atoms. The maximum Gasteiger partial charge on any atom is 0.251 e. The fraction of sp³-hybridized carbons (Fsp3) is 0.304. The van der Waals surface area contributed by atoms with Crippen LogP contribution in [-0.4, -0.2) is 50.1 Å². The zero-order valence-electron chi connectivity index (χ0n) is 17.1. The SMILES string of the molecule is COc1ccc(C(=O)NC2CCN(C(=O)/C=C/c3cccc(Cl)c3)CC2)cc1OC. The second-order valence-corrected chi connectivity index (χ2v) is 7.47. The maximum absolute atomic E-state index is 12.6. The molecular formula is C23H25ClN2O4. The van der Waals surface area contributed by atoms with Crippen molar-refractivity contribution in [3.8, 4) is 11.5 Å². The number of likely N-dealkylation sites (tertiary alicyclic amines) is 1. The van der Waals surface area contributed by atoms with Crippen LogP contribution in [0.2, 0.25) is 5.02 Å².